The van der Waals surface area contributed by atoms with E-state index in [0.29, 0.717) is 48.5 Å². The molecule has 1 amide bonds. The predicted molar refractivity (Wildman–Crippen MR) is 125 cm³/mol. The molecule has 1 heterocycles. The number of unbranched alkanes of at least 4 members (excludes halogenated alkanes) is 1. The van der Waals surface area contributed by atoms with Crippen molar-refractivity contribution in [3.8, 4) is 0 Å². The Kier molecular flexibility index (Phi) is 9.97. The Hall–Kier alpha value is -3.49. The average molecular weight is 478 g/mol. The number of carbonyl (C=O) groups excluding carboxylic acids is 1. The molecule has 0 unspecified atom stereocenters. The van der Waals surface area contributed by atoms with E-state index in [0.717, 1.165) is 17.8 Å². The van der Waals surface area contributed by atoms with Gasteiger partial charge in [-0.05, 0) is 56.9 Å². The minimum atomic E-state index is -4.43. The van der Waals surface area contributed by atoms with Crippen LogP contribution in [0, 0.1) is 0 Å². The smallest absolute Gasteiger partial charge is 0.416 e. The zero-order valence-electron chi connectivity index (χ0n) is 19.3. The number of carboxylic acid groups (broad SMARTS) is 1. The van der Waals surface area contributed by atoms with E-state index >= 15 is 0 Å². The molecule has 34 heavy (non-hydrogen) atoms. The van der Waals surface area contributed by atoms with Crippen molar-refractivity contribution in [1.29, 1.82) is 0 Å². The van der Waals surface area contributed by atoms with Crippen LogP contribution in [0.2, 0.25) is 0 Å². The molecule has 0 saturated carbocycles. The van der Waals surface area contributed by atoms with Crippen molar-refractivity contribution in [3.05, 3.63) is 76.8 Å². The molecule has 1 aliphatic heterocycles. The minimum absolute atomic E-state index is 0.0332. The van der Waals surface area contributed by atoms with Gasteiger partial charge in [-0.15, -0.1) is 0 Å². The van der Waals surface area contributed by atoms with Gasteiger partial charge in [0.2, 0.25) is 5.91 Å². The second-order valence-electron chi connectivity index (χ2n) is 7.68. The first kappa shape index (κ1) is 26.8. The van der Waals surface area contributed by atoms with E-state index in [1.807, 2.05) is 32.1 Å². The van der Waals surface area contributed by atoms with Gasteiger partial charge in [0, 0.05) is 25.1 Å². The van der Waals surface area contributed by atoms with Crippen molar-refractivity contribution < 1.29 is 27.9 Å². The Morgan fingerprint density at radius 3 is 2.35 bits per heavy atom. The van der Waals surface area contributed by atoms with Crippen molar-refractivity contribution in [2.45, 2.75) is 52.1 Å². The van der Waals surface area contributed by atoms with E-state index in [1.165, 1.54) is 12.1 Å². The summed E-state index contributed by atoms with van der Waals surface area (Å²) < 4.78 is 39.0. The zero-order chi connectivity index (χ0) is 25.1. The van der Waals surface area contributed by atoms with Gasteiger partial charge < -0.3 is 21.1 Å². The third-order valence-electron chi connectivity index (χ3n) is 5.14. The van der Waals surface area contributed by atoms with E-state index in [2.05, 4.69) is 16.0 Å². The van der Waals surface area contributed by atoms with E-state index in [1.54, 1.807) is 6.08 Å². The fourth-order valence-electron chi connectivity index (χ4n) is 3.35. The molecule has 4 N–H and O–H groups in total. The molecule has 6 nitrogen and oxygen atoms in total. The second-order valence-corrected chi connectivity index (χ2v) is 7.68. The summed E-state index contributed by atoms with van der Waals surface area (Å²) in [5, 5.41) is 18.2. The molecule has 9 heteroatoms. The highest BCUT2D eigenvalue weighted by molar-refractivity contribution is 5.78. The third kappa shape index (κ3) is 8.13. The van der Waals surface area contributed by atoms with Gasteiger partial charge in [0.1, 0.15) is 0 Å². The number of benzene rings is 1. The number of carbonyl (C=O) groups is 2. The number of aliphatic carboxylic acids is 1. The highest BCUT2D eigenvalue weighted by atomic mass is 19.4. The number of hydrogen-bond acceptors (Lipinski definition) is 4. The molecule has 0 aliphatic carbocycles. The summed E-state index contributed by atoms with van der Waals surface area (Å²) in [4.78, 5) is 22.9. The van der Waals surface area contributed by atoms with Gasteiger partial charge in [-0.1, -0.05) is 30.4 Å². The van der Waals surface area contributed by atoms with Crippen LogP contribution in [-0.4, -0.2) is 23.5 Å². The summed E-state index contributed by atoms with van der Waals surface area (Å²) >= 11 is 0. The van der Waals surface area contributed by atoms with Crippen LogP contribution in [0.4, 0.5) is 13.2 Å². The first-order chi connectivity index (χ1) is 16.2. The molecule has 0 aromatic heterocycles. The van der Waals surface area contributed by atoms with Gasteiger partial charge >= 0.3 is 12.1 Å². The summed E-state index contributed by atoms with van der Waals surface area (Å²) in [6, 6.07) is 4.87. The normalized spacial score (nSPS) is 16.6. The Morgan fingerprint density at radius 2 is 1.76 bits per heavy atom. The maximum absolute atomic E-state index is 13.0. The monoisotopic (exact) mass is 477 g/mol. The van der Waals surface area contributed by atoms with Crippen LogP contribution in [0.25, 0.3) is 5.70 Å². The summed E-state index contributed by atoms with van der Waals surface area (Å²) in [5.41, 5.74) is 2.52. The fraction of sp³-hybridized carbons (Fsp3) is 0.360. The largest absolute Gasteiger partial charge is 0.481 e. The Balaban J connectivity index is 2.30. The molecule has 0 saturated heterocycles. The SMILES string of the molecule is C/C=C/CNC(=O)C/C=C1/NC(CCCCC(=O)O)=C(c2ccc(C(F)(F)F)cc2)N/C1=C/C. The van der Waals surface area contributed by atoms with Crippen molar-refractivity contribution in [2.75, 3.05) is 6.54 Å². The molecule has 0 bridgehead atoms. The molecule has 184 valence electrons. The van der Waals surface area contributed by atoms with Gasteiger partial charge in [-0.2, -0.15) is 13.2 Å². The first-order valence-corrected chi connectivity index (χ1v) is 11.1. The zero-order valence-corrected chi connectivity index (χ0v) is 19.3. The number of amides is 1. The van der Waals surface area contributed by atoms with Crippen LogP contribution >= 0.6 is 0 Å². The van der Waals surface area contributed by atoms with Crippen molar-refractivity contribution in [2.24, 2.45) is 0 Å². The van der Waals surface area contributed by atoms with Gasteiger partial charge in [-0.3, -0.25) is 9.59 Å². The Bertz CT molecular complexity index is 991. The molecule has 1 aromatic rings. The molecular weight excluding hydrogens is 447 g/mol. The van der Waals surface area contributed by atoms with Crippen LogP contribution in [0.3, 0.4) is 0 Å². The molecule has 0 fully saturated rings. The van der Waals surface area contributed by atoms with Crippen LogP contribution < -0.4 is 16.0 Å². The highest BCUT2D eigenvalue weighted by Crippen LogP contribution is 2.32. The Morgan fingerprint density at radius 1 is 1.06 bits per heavy atom. The number of rotatable bonds is 10. The number of halogens is 3. The highest BCUT2D eigenvalue weighted by Gasteiger charge is 2.30. The maximum Gasteiger partial charge on any atom is 0.416 e. The first-order valence-electron chi connectivity index (χ1n) is 11.1. The molecule has 0 radical (unpaired) electrons. The fourth-order valence-corrected chi connectivity index (χ4v) is 3.35. The topological polar surface area (TPSA) is 90.5 Å². The molecule has 0 atom stereocenters. The lowest BCUT2D eigenvalue weighted by molar-refractivity contribution is -0.138. The maximum atomic E-state index is 13.0. The van der Waals surface area contributed by atoms with Gasteiger partial charge in [-0.25, -0.2) is 0 Å². The van der Waals surface area contributed by atoms with E-state index in [-0.39, 0.29) is 18.7 Å². The quantitative estimate of drug-likeness (QED) is 0.279. The van der Waals surface area contributed by atoms with Gasteiger partial charge in [0.15, 0.2) is 0 Å². The lowest BCUT2D eigenvalue weighted by Crippen LogP contribution is -2.32. The standard InChI is InChI=1S/C25H30F3N3O3/c1-3-5-16-29-22(32)15-14-20-19(4-2)31-24(21(30-20)8-6-7-9-23(33)34)17-10-12-18(13-11-17)25(26,27)28/h3-5,10-14,30-31H,6-9,15-16H2,1-2H3,(H,29,32)(H,33,34)/b5-3+,19-4+,20-14+. The number of nitrogens with one attached hydrogen (secondary N) is 3. The molecule has 2 rings (SSSR count). The number of carboxylic acids is 1. The molecule has 0 spiro atoms. The van der Waals surface area contributed by atoms with Crippen molar-refractivity contribution in [1.82, 2.24) is 16.0 Å². The van der Waals surface area contributed by atoms with Gasteiger partial charge in [0.25, 0.3) is 0 Å². The number of allylic oxidation sites excluding steroid dienone is 3. The lowest BCUT2D eigenvalue weighted by atomic mass is 10.0. The van der Waals surface area contributed by atoms with Crippen LogP contribution in [-0.2, 0) is 15.8 Å². The molecular formula is C25H30F3N3O3. The van der Waals surface area contributed by atoms with Crippen molar-refractivity contribution >= 4 is 17.6 Å². The summed E-state index contributed by atoms with van der Waals surface area (Å²) in [6.45, 7) is 4.11. The van der Waals surface area contributed by atoms with Crippen LogP contribution in [0.5, 0.6) is 0 Å². The van der Waals surface area contributed by atoms with Gasteiger partial charge in [0.05, 0.1) is 22.7 Å². The average Bonchev–Trinajstić information content (AvgIpc) is 2.80. The van der Waals surface area contributed by atoms with E-state index in [9.17, 15) is 22.8 Å². The molecule has 1 aromatic carbocycles. The number of hydrogen-bond donors (Lipinski definition) is 4. The minimum Gasteiger partial charge on any atom is -0.481 e. The second kappa shape index (κ2) is 12.7. The molecule has 1 aliphatic rings. The summed E-state index contributed by atoms with van der Waals surface area (Å²) in [5.74, 6) is -1.03. The van der Waals surface area contributed by atoms with E-state index in [4.69, 9.17) is 5.11 Å². The predicted octanol–water partition coefficient (Wildman–Crippen LogP) is 5.08. The van der Waals surface area contributed by atoms with E-state index < -0.39 is 17.7 Å². The van der Waals surface area contributed by atoms with Crippen LogP contribution in [0.15, 0.2) is 65.7 Å². The number of alkyl halides is 3. The lowest BCUT2D eigenvalue weighted by Gasteiger charge is -2.29. The summed E-state index contributed by atoms with van der Waals surface area (Å²) in [7, 11) is 0. The third-order valence-corrected chi connectivity index (χ3v) is 5.14. The van der Waals surface area contributed by atoms with Crippen molar-refractivity contribution in [3.63, 3.8) is 0 Å². The van der Waals surface area contributed by atoms with Crippen LogP contribution in [0.1, 0.15) is 57.1 Å². The summed E-state index contributed by atoms with van der Waals surface area (Å²) in [6.07, 6.45) is 4.49. The Labute approximate surface area is 197 Å².